The van der Waals surface area contributed by atoms with Crippen molar-refractivity contribution < 1.29 is 9.59 Å². The lowest BCUT2D eigenvalue weighted by Gasteiger charge is -2.24. The Hall–Kier alpha value is -1.84. The maximum atomic E-state index is 12.3. The van der Waals surface area contributed by atoms with Gasteiger partial charge in [0, 0.05) is 23.2 Å². The predicted molar refractivity (Wildman–Crippen MR) is 86.8 cm³/mol. The summed E-state index contributed by atoms with van der Waals surface area (Å²) in [6, 6.07) is 7.54. The molecule has 0 radical (unpaired) electrons. The first-order valence-electron chi connectivity index (χ1n) is 8.44. The Morgan fingerprint density at radius 1 is 0.955 bits per heavy atom. The average Bonchev–Trinajstić information content (AvgIpc) is 2.46. The van der Waals surface area contributed by atoms with Crippen LogP contribution in [0.2, 0.25) is 0 Å². The lowest BCUT2D eigenvalue weighted by atomic mass is 9.85. The molecule has 0 spiro atoms. The molecule has 2 aliphatic rings. The van der Waals surface area contributed by atoms with Gasteiger partial charge in [0.15, 0.2) is 0 Å². The molecule has 0 bridgehead atoms. The Bertz CT molecular complexity index is 546. The van der Waals surface area contributed by atoms with Gasteiger partial charge in [-0.25, -0.2) is 0 Å². The topological polar surface area (TPSA) is 58.2 Å². The van der Waals surface area contributed by atoms with Gasteiger partial charge in [-0.15, -0.1) is 0 Å². The van der Waals surface area contributed by atoms with E-state index in [2.05, 4.69) is 10.6 Å². The minimum atomic E-state index is -0.0355. The highest BCUT2D eigenvalue weighted by Crippen LogP contribution is 2.27. The van der Waals surface area contributed by atoms with Crippen LogP contribution in [-0.2, 0) is 4.79 Å². The second-order valence-electron chi connectivity index (χ2n) is 6.51. The normalized spacial score (nSPS) is 19.3. The van der Waals surface area contributed by atoms with E-state index in [1.54, 1.807) is 12.1 Å². The summed E-state index contributed by atoms with van der Waals surface area (Å²) >= 11 is 0. The minimum Gasteiger partial charge on any atom is -0.349 e. The van der Waals surface area contributed by atoms with Gasteiger partial charge in [-0.05, 0) is 43.9 Å². The first-order chi connectivity index (χ1) is 10.7. The smallest absolute Gasteiger partial charge is 0.251 e. The standard InChI is InChI=1S/C18H24N2O2/c21-17(13-6-4-7-13)20-16-11-5-8-14(12-16)18(22)19-15-9-2-1-3-10-15/h5,8,11-13,15H,1-4,6-7,9-10H2,(H,19,22)(H,20,21). The lowest BCUT2D eigenvalue weighted by molar-refractivity contribution is -0.122. The van der Waals surface area contributed by atoms with Crippen LogP contribution >= 0.6 is 0 Å². The van der Waals surface area contributed by atoms with Gasteiger partial charge < -0.3 is 10.6 Å². The van der Waals surface area contributed by atoms with Crippen molar-refractivity contribution in [2.75, 3.05) is 5.32 Å². The Kier molecular flexibility index (Phi) is 4.76. The molecule has 2 fully saturated rings. The lowest BCUT2D eigenvalue weighted by Crippen LogP contribution is -2.36. The number of anilines is 1. The monoisotopic (exact) mass is 300 g/mol. The van der Waals surface area contributed by atoms with Crippen molar-refractivity contribution in [3.05, 3.63) is 29.8 Å². The maximum absolute atomic E-state index is 12.3. The summed E-state index contributed by atoms with van der Waals surface area (Å²) in [7, 11) is 0. The van der Waals surface area contributed by atoms with Crippen LogP contribution in [0.15, 0.2) is 24.3 Å². The third kappa shape index (κ3) is 3.67. The van der Waals surface area contributed by atoms with E-state index >= 15 is 0 Å². The molecule has 0 atom stereocenters. The average molecular weight is 300 g/mol. The molecule has 0 heterocycles. The van der Waals surface area contributed by atoms with Crippen LogP contribution in [0.3, 0.4) is 0 Å². The molecule has 0 unspecified atom stereocenters. The van der Waals surface area contributed by atoms with Crippen molar-refractivity contribution in [1.29, 1.82) is 0 Å². The van der Waals surface area contributed by atoms with Gasteiger partial charge in [0.25, 0.3) is 5.91 Å². The van der Waals surface area contributed by atoms with Crippen LogP contribution in [-0.4, -0.2) is 17.9 Å². The van der Waals surface area contributed by atoms with Crippen LogP contribution in [0.25, 0.3) is 0 Å². The molecule has 0 aromatic heterocycles. The molecule has 118 valence electrons. The van der Waals surface area contributed by atoms with Gasteiger partial charge >= 0.3 is 0 Å². The first kappa shape index (κ1) is 15.1. The second kappa shape index (κ2) is 6.95. The van der Waals surface area contributed by atoms with Crippen molar-refractivity contribution in [3.8, 4) is 0 Å². The molecule has 2 amide bonds. The summed E-state index contributed by atoms with van der Waals surface area (Å²) in [4.78, 5) is 24.3. The van der Waals surface area contributed by atoms with E-state index in [4.69, 9.17) is 0 Å². The summed E-state index contributed by atoms with van der Waals surface area (Å²) in [5, 5.41) is 6.03. The molecule has 4 heteroatoms. The first-order valence-corrected chi connectivity index (χ1v) is 8.44. The zero-order valence-corrected chi connectivity index (χ0v) is 12.9. The van der Waals surface area contributed by atoms with Crippen molar-refractivity contribution >= 4 is 17.5 Å². The molecule has 2 aliphatic carbocycles. The van der Waals surface area contributed by atoms with Crippen LogP contribution in [0.5, 0.6) is 0 Å². The van der Waals surface area contributed by atoms with E-state index in [0.29, 0.717) is 17.3 Å². The molecule has 0 aliphatic heterocycles. The number of nitrogens with one attached hydrogen (secondary N) is 2. The van der Waals surface area contributed by atoms with Crippen LogP contribution in [0.1, 0.15) is 61.7 Å². The summed E-state index contributed by atoms with van der Waals surface area (Å²) in [5.41, 5.74) is 1.34. The fourth-order valence-corrected chi connectivity index (χ4v) is 3.17. The number of hydrogen-bond donors (Lipinski definition) is 2. The summed E-state index contributed by atoms with van der Waals surface area (Å²) in [6.07, 6.45) is 8.91. The number of hydrogen-bond acceptors (Lipinski definition) is 2. The van der Waals surface area contributed by atoms with Crippen molar-refractivity contribution in [3.63, 3.8) is 0 Å². The summed E-state index contributed by atoms with van der Waals surface area (Å²) in [5.74, 6) is 0.197. The van der Waals surface area contributed by atoms with E-state index in [0.717, 1.165) is 32.1 Å². The zero-order chi connectivity index (χ0) is 15.4. The Morgan fingerprint density at radius 3 is 2.41 bits per heavy atom. The van der Waals surface area contributed by atoms with E-state index < -0.39 is 0 Å². The Balaban J connectivity index is 1.59. The SMILES string of the molecule is O=C(NC1CCCCC1)c1cccc(NC(=O)C2CCC2)c1. The molecular formula is C18H24N2O2. The number of rotatable bonds is 4. The Labute approximate surface area is 131 Å². The molecule has 0 saturated heterocycles. The van der Waals surface area contributed by atoms with Gasteiger partial charge in [-0.1, -0.05) is 31.7 Å². The largest absolute Gasteiger partial charge is 0.349 e. The highest BCUT2D eigenvalue weighted by molar-refractivity contribution is 5.97. The molecule has 4 nitrogen and oxygen atoms in total. The van der Waals surface area contributed by atoms with Gasteiger partial charge in [0.2, 0.25) is 5.91 Å². The molecule has 1 aromatic rings. The predicted octanol–water partition coefficient (Wildman–Crippen LogP) is 3.49. The third-order valence-corrected chi connectivity index (χ3v) is 4.81. The van der Waals surface area contributed by atoms with Crippen LogP contribution < -0.4 is 10.6 Å². The highest BCUT2D eigenvalue weighted by atomic mass is 16.2. The van der Waals surface area contributed by atoms with Gasteiger partial charge in [0.05, 0.1) is 0 Å². The van der Waals surface area contributed by atoms with Gasteiger partial charge in [-0.3, -0.25) is 9.59 Å². The van der Waals surface area contributed by atoms with Crippen LogP contribution in [0.4, 0.5) is 5.69 Å². The van der Waals surface area contributed by atoms with Gasteiger partial charge in [-0.2, -0.15) is 0 Å². The second-order valence-corrected chi connectivity index (χ2v) is 6.51. The van der Waals surface area contributed by atoms with Crippen LogP contribution in [0, 0.1) is 5.92 Å². The minimum absolute atomic E-state index is 0.0355. The fourth-order valence-electron chi connectivity index (χ4n) is 3.17. The maximum Gasteiger partial charge on any atom is 0.251 e. The summed E-state index contributed by atoms with van der Waals surface area (Å²) in [6.45, 7) is 0. The molecule has 1 aromatic carbocycles. The fraction of sp³-hybridized carbons (Fsp3) is 0.556. The molecular weight excluding hydrogens is 276 g/mol. The quantitative estimate of drug-likeness (QED) is 0.894. The number of amides is 2. The Morgan fingerprint density at radius 2 is 1.73 bits per heavy atom. The van der Waals surface area contributed by atoms with E-state index in [1.165, 1.54) is 19.3 Å². The third-order valence-electron chi connectivity index (χ3n) is 4.81. The number of benzene rings is 1. The molecule has 22 heavy (non-hydrogen) atoms. The van der Waals surface area contributed by atoms with E-state index in [9.17, 15) is 9.59 Å². The van der Waals surface area contributed by atoms with E-state index in [-0.39, 0.29) is 17.7 Å². The molecule has 2 N–H and O–H groups in total. The number of carbonyl (C=O) groups is 2. The van der Waals surface area contributed by atoms with Gasteiger partial charge in [0.1, 0.15) is 0 Å². The van der Waals surface area contributed by atoms with Crippen molar-refractivity contribution in [2.45, 2.75) is 57.4 Å². The van der Waals surface area contributed by atoms with Crippen molar-refractivity contribution in [2.24, 2.45) is 5.92 Å². The van der Waals surface area contributed by atoms with Crippen molar-refractivity contribution in [1.82, 2.24) is 5.32 Å². The molecule has 3 rings (SSSR count). The molecule has 2 saturated carbocycles. The zero-order valence-electron chi connectivity index (χ0n) is 12.9. The summed E-state index contributed by atoms with van der Waals surface area (Å²) < 4.78 is 0. The highest BCUT2D eigenvalue weighted by Gasteiger charge is 2.25. The number of carbonyl (C=O) groups excluding carboxylic acids is 2. The van der Waals surface area contributed by atoms with E-state index in [1.807, 2.05) is 12.1 Å².